The molecule has 2 N–H and O–H groups in total. The van der Waals surface area contributed by atoms with Crippen LogP contribution in [0.1, 0.15) is 15.9 Å². The molecule has 0 aliphatic carbocycles. The quantitative estimate of drug-likeness (QED) is 0.904. The zero-order chi connectivity index (χ0) is 15.5. The molecule has 132 valence electrons. The van der Waals surface area contributed by atoms with Gasteiger partial charge in [-0.05, 0) is 48.5 Å². The minimum atomic E-state index is 0. The summed E-state index contributed by atoms with van der Waals surface area (Å²) in [5, 5.41) is 2.28. The predicted molar refractivity (Wildman–Crippen MR) is 105 cm³/mol. The highest BCUT2D eigenvalue weighted by molar-refractivity contribution is 5.98. The van der Waals surface area contributed by atoms with E-state index >= 15 is 0 Å². The maximum atomic E-state index is 12.6. The highest BCUT2D eigenvalue weighted by Gasteiger charge is 2.20. The molecule has 0 radical (unpaired) electrons. The lowest BCUT2D eigenvalue weighted by atomic mass is 10.0. The minimum Gasteiger partial charge on any atom is -0.336 e. The van der Waals surface area contributed by atoms with Crippen molar-refractivity contribution in [1.82, 2.24) is 9.80 Å². The summed E-state index contributed by atoms with van der Waals surface area (Å²) in [5.41, 5.74) is 7.63. The molecule has 0 bridgehead atoms. The molecule has 1 fully saturated rings. The van der Waals surface area contributed by atoms with Gasteiger partial charge in [0.15, 0.2) is 0 Å². The van der Waals surface area contributed by atoms with E-state index < -0.39 is 0 Å². The molecule has 3 rings (SSSR count). The standard InChI is InChI=1S/C18H23N3O.2ClH/c1-20-8-10-21(11-9-20)18(22)17-5-4-15-12-14(6-7-19)2-3-16(15)13-17;;/h2-5,12-13H,6-11,19H2,1H3;2*1H. The molecule has 0 atom stereocenters. The number of carbonyl (C=O) groups excluding carboxylic acids is 1. The average molecular weight is 370 g/mol. The van der Waals surface area contributed by atoms with Gasteiger partial charge in [-0.1, -0.05) is 24.3 Å². The van der Waals surface area contributed by atoms with Crippen LogP contribution in [0.2, 0.25) is 0 Å². The Morgan fingerprint density at radius 3 is 2.29 bits per heavy atom. The first-order chi connectivity index (χ1) is 10.7. The second-order valence-corrected chi connectivity index (χ2v) is 6.03. The Bertz CT molecular complexity index is 685. The molecule has 2 aromatic carbocycles. The number of carbonyl (C=O) groups is 1. The van der Waals surface area contributed by atoms with E-state index in [2.05, 4.69) is 30.1 Å². The molecule has 0 saturated carbocycles. The lowest BCUT2D eigenvalue weighted by Crippen LogP contribution is -2.47. The highest BCUT2D eigenvalue weighted by atomic mass is 35.5. The fourth-order valence-corrected chi connectivity index (χ4v) is 2.94. The molecule has 24 heavy (non-hydrogen) atoms. The van der Waals surface area contributed by atoms with Crippen LogP contribution in [0.25, 0.3) is 10.8 Å². The van der Waals surface area contributed by atoms with Crippen LogP contribution < -0.4 is 5.73 Å². The number of hydrogen-bond acceptors (Lipinski definition) is 3. The van der Waals surface area contributed by atoms with Crippen molar-refractivity contribution in [3.63, 3.8) is 0 Å². The average Bonchev–Trinajstić information content (AvgIpc) is 2.55. The van der Waals surface area contributed by atoms with Crippen molar-refractivity contribution in [1.29, 1.82) is 0 Å². The topological polar surface area (TPSA) is 49.6 Å². The summed E-state index contributed by atoms with van der Waals surface area (Å²) in [6.07, 6.45) is 0.887. The lowest BCUT2D eigenvalue weighted by Gasteiger charge is -2.32. The normalized spacial score (nSPS) is 14.8. The zero-order valence-corrected chi connectivity index (χ0v) is 15.5. The summed E-state index contributed by atoms with van der Waals surface area (Å²) in [6, 6.07) is 12.3. The summed E-state index contributed by atoms with van der Waals surface area (Å²) in [6.45, 7) is 4.17. The summed E-state index contributed by atoms with van der Waals surface area (Å²) in [5.74, 6) is 0.140. The SMILES string of the molecule is CN1CCN(C(=O)c2ccc3cc(CCN)ccc3c2)CC1.Cl.Cl. The maximum absolute atomic E-state index is 12.6. The fraction of sp³-hybridized carbons (Fsp3) is 0.389. The number of piperazine rings is 1. The van der Waals surface area contributed by atoms with Crippen LogP contribution in [-0.4, -0.2) is 55.5 Å². The van der Waals surface area contributed by atoms with Crippen LogP contribution in [0, 0.1) is 0 Å². The first-order valence-corrected chi connectivity index (χ1v) is 7.88. The van der Waals surface area contributed by atoms with Gasteiger partial charge in [0.25, 0.3) is 5.91 Å². The van der Waals surface area contributed by atoms with Crippen LogP contribution in [-0.2, 0) is 6.42 Å². The summed E-state index contributed by atoms with van der Waals surface area (Å²) in [4.78, 5) is 16.8. The van der Waals surface area contributed by atoms with Gasteiger partial charge >= 0.3 is 0 Å². The van der Waals surface area contributed by atoms with E-state index in [-0.39, 0.29) is 30.7 Å². The smallest absolute Gasteiger partial charge is 0.253 e. The monoisotopic (exact) mass is 369 g/mol. The van der Waals surface area contributed by atoms with Crippen molar-refractivity contribution < 1.29 is 4.79 Å². The van der Waals surface area contributed by atoms with Gasteiger partial charge in [-0.25, -0.2) is 0 Å². The molecule has 2 aromatic rings. The van der Waals surface area contributed by atoms with Crippen molar-refractivity contribution in [2.75, 3.05) is 39.8 Å². The Morgan fingerprint density at radius 2 is 1.62 bits per heavy atom. The molecule has 0 unspecified atom stereocenters. The number of fused-ring (bicyclic) bond motifs is 1. The van der Waals surface area contributed by atoms with Crippen molar-refractivity contribution in [2.45, 2.75) is 6.42 Å². The number of halogens is 2. The molecule has 6 heteroatoms. The Morgan fingerprint density at radius 1 is 1.00 bits per heavy atom. The molecule has 1 aliphatic rings. The summed E-state index contributed by atoms with van der Waals surface area (Å²) < 4.78 is 0. The van der Waals surface area contributed by atoms with Gasteiger partial charge in [0, 0.05) is 31.7 Å². The molecule has 1 amide bonds. The van der Waals surface area contributed by atoms with Crippen molar-refractivity contribution in [2.24, 2.45) is 5.73 Å². The molecule has 1 aliphatic heterocycles. The number of nitrogens with two attached hydrogens (primary N) is 1. The zero-order valence-electron chi connectivity index (χ0n) is 13.9. The third-order valence-electron chi connectivity index (χ3n) is 4.38. The van der Waals surface area contributed by atoms with Crippen molar-refractivity contribution in [3.8, 4) is 0 Å². The maximum Gasteiger partial charge on any atom is 0.253 e. The van der Waals surface area contributed by atoms with E-state index in [1.807, 2.05) is 23.1 Å². The fourth-order valence-electron chi connectivity index (χ4n) is 2.94. The molecule has 0 aromatic heterocycles. The predicted octanol–water partition coefficient (Wildman–Crippen LogP) is 2.57. The van der Waals surface area contributed by atoms with Crippen LogP contribution in [0.4, 0.5) is 0 Å². The van der Waals surface area contributed by atoms with Crippen LogP contribution in [0.3, 0.4) is 0 Å². The van der Waals surface area contributed by atoms with Gasteiger partial charge < -0.3 is 15.5 Å². The molecule has 1 saturated heterocycles. The molecule has 1 heterocycles. The number of hydrogen-bond donors (Lipinski definition) is 1. The van der Waals surface area contributed by atoms with Crippen LogP contribution >= 0.6 is 24.8 Å². The van der Waals surface area contributed by atoms with Crippen LogP contribution in [0.5, 0.6) is 0 Å². The minimum absolute atomic E-state index is 0. The molecule has 4 nitrogen and oxygen atoms in total. The third kappa shape index (κ3) is 4.61. The van der Waals surface area contributed by atoms with Gasteiger partial charge in [0.1, 0.15) is 0 Å². The first-order valence-electron chi connectivity index (χ1n) is 7.88. The number of likely N-dealkylation sites (N-methyl/N-ethyl adjacent to an activating group) is 1. The lowest BCUT2D eigenvalue weighted by molar-refractivity contribution is 0.0664. The Kier molecular flexibility index (Phi) is 7.97. The number of benzene rings is 2. The van der Waals surface area contributed by atoms with Gasteiger partial charge in [0.05, 0.1) is 0 Å². The van der Waals surface area contributed by atoms with E-state index in [1.54, 1.807) is 0 Å². The second-order valence-electron chi connectivity index (χ2n) is 6.03. The van der Waals surface area contributed by atoms with E-state index in [0.29, 0.717) is 6.54 Å². The van der Waals surface area contributed by atoms with Gasteiger partial charge in [-0.15, -0.1) is 24.8 Å². The van der Waals surface area contributed by atoms with Crippen LogP contribution in [0.15, 0.2) is 36.4 Å². The molecule has 0 spiro atoms. The third-order valence-corrected chi connectivity index (χ3v) is 4.38. The summed E-state index contributed by atoms with van der Waals surface area (Å²) in [7, 11) is 2.09. The van der Waals surface area contributed by atoms with E-state index in [1.165, 1.54) is 10.9 Å². The molecular formula is C18H25Cl2N3O. The van der Waals surface area contributed by atoms with Gasteiger partial charge in [-0.3, -0.25) is 4.79 Å². The first kappa shape index (κ1) is 20.7. The largest absolute Gasteiger partial charge is 0.336 e. The number of amides is 1. The molecular weight excluding hydrogens is 345 g/mol. The number of nitrogens with zero attached hydrogens (tertiary/aromatic N) is 2. The Balaban J connectivity index is 0.00000144. The highest BCUT2D eigenvalue weighted by Crippen LogP contribution is 2.19. The summed E-state index contributed by atoms with van der Waals surface area (Å²) >= 11 is 0. The van der Waals surface area contributed by atoms with E-state index in [0.717, 1.165) is 43.5 Å². The second kappa shape index (κ2) is 9.23. The number of rotatable bonds is 3. The van der Waals surface area contributed by atoms with Gasteiger partial charge in [0.2, 0.25) is 0 Å². The Hall–Kier alpha value is -1.33. The van der Waals surface area contributed by atoms with E-state index in [9.17, 15) is 4.79 Å². The van der Waals surface area contributed by atoms with E-state index in [4.69, 9.17) is 5.73 Å². The van der Waals surface area contributed by atoms with Gasteiger partial charge in [-0.2, -0.15) is 0 Å². The van der Waals surface area contributed by atoms with Crippen molar-refractivity contribution in [3.05, 3.63) is 47.5 Å². The van der Waals surface area contributed by atoms with Crippen molar-refractivity contribution >= 4 is 41.5 Å². The Labute approximate surface area is 155 Å².